The van der Waals surface area contributed by atoms with Crippen LogP contribution in [-0.4, -0.2) is 60.8 Å². The highest BCUT2D eigenvalue weighted by molar-refractivity contribution is 5.63. The standard InChI is InChI=1S/C29H37NO5/c1-19(2)17-30-15-14-27-24-21-10-11-22(34-18-20-8-6-5-7-9-20)25(24)35-26(27)29(32-3,33-4)13-12-28(27,31)23(30)16-21/h5-11,19,23,26,31H,12-18H2,1-4H3/t23-,26-,27+,28-/m1/s1. The average molecular weight is 480 g/mol. The second-order valence-electron chi connectivity index (χ2n) is 11.2. The van der Waals surface area contributed by atoms with Gasteiger partial charge in [0.05, 0.1) is 11.0 Å². The van der Waals surface area contributed by atoms with E-state index in [1.165, 1.54) is 5.56 Å². The van der Waals surface area contributed by atoms with Crippen molar-refractivity contribution in [3.63, 3.8) is 0 Å². The zero-order valence-corrected chi connectivity index (χ0v) is 21.3. The van der Waals surface area contributed by atoms with Gasteiger partial charge in [-0.25, -0.2) is 0 Å². The van der Waals surface area contributed by atoms with Crippen LogP contribution < -0.4 is 9.47 Å². The molecule has 1 spiro atoms. The largest absolute Gasteiger partial charge is 0.485 e. The van der Waals surface area contributed by atoms with Crippen LogP contribution in [0.4, 0.5) is 0 Å². The van der Waals surface area contributed by atoms with Crippen LogP contribution in [0.5, 0.6) is 11.5 Å². The summed E-state index contributed by atoms with van der Waals surface area (Å²) >= 11 is 0. The molecule has 6 nitrogen and oxygen atoms in total. The number of hydrogen-bond donors (Lipinski definition) is 1. The third kappa shape index (κ3) is 3.10. The Morgan fingerprint density at radius 2 is 1.83 bits per heavy atom. The lowest BCUT2D eigenvalue weighted by atomic mass is 9.48. The fraction of sp³-hybridized carbons (Fsp3) is 0.586. The van der Waals surface area contributed by atoms with Gasteiger partial charge in [0.1, 0.15) is 6.61 Å². The molecule has 0 radical (unpaired) electrons. The second kappa shape index (κ2) is 8.20. The fourth-order valence-electron chi connectivity index (χ4n) is 7.62. The molecule has 2 heterocycles. The Balaban J connectivity index is 1.48. The SMILES string of the molecule is COC1(OC)CC[C@@]2(O)[C@H]3Cc4ccc(OCc5ccccc5)c5c4[C@@]2(CCN3CC(C)C)[C@H]1O5. The van der Waals surface area contributed by atoms with Gasteiger partial charge >= 0.3 is 0 Å². The van der Waals surface area contributed by atoms with Gasteiger partial charge in [-0.2, -0.15) is 0 Å². The van der Waals surface area contributed by atoms with Crippen molar-refractivity contribution in [1.82, 2.24) is 4.90 Å². The summed E-state index contributed by atoms with van der Waals surface area (Å²) in [6, 6.07) is 14.4. The van der Waals surface area contributed by atoms with Crippen molar-refractivity contribution in [1.29, 1.82) is 0 Å². The minimum atomic E-state index is -0.915. The molecular weight excluding hydrogens is 442 g/mol. The van der Waals surface area contributed by atoms with Crippen molar-refractivity contribution < 1.29 is 24.1 Å². The molecule has 1 saturated heterocycles. The Labute approximate surface area is 208 Å². The summed E-state index contributed by atoms with van der Waals surface area (Å²) in [5, 5.41) is 12.6. The number of rotatable bonds is 7. The molecular formula is C29H37NO5. The van der Waals surface area contributed by atoms with Crippen molar-refractivity contribution in [3.8, 4) is 11.5 Å². The Morgan fingerprint density at radius 1 is 1.06 bits per heavy atom. The molecule has 2 bridgehead atoms. The Morgan fingerprint density at radius 3 is 2.54 bits per heavy atom. The number of hydrogen-bond acceptors (Lipinski definition) is 6. The number of benzene rings is 2. The van der Waals surface area contributed by atoms with E-state index in [2.05, 4.69) is 36.9 Å². The first-order valence-electron chi connectivity index (χ1n) is 12.9. The van der Waals surface area contributed by atoms with Crippen LogP contribution in [0.3, 0.4) is 0 Å². The summed E-state index contributed by atoms with van der Waals surface area (Å²) in [7, 11) is 3.39. The van der Waals surface area contributed by atoms with E-state index < -0.39 is 22.9 Å². The van der Waals surface area contributed by atoms with Crippen LogP contribution >= 0.6 is 0 Å². The first-order chi connectivity index (χ1) is 16.9. The number of likely N-dealkylation sites (tertiary alicyclic amines) is 1. The van der Waals surface area contributed by atoms with Gasteiger partial charge in [0.15, 0.2) is 17.6 Å². The minimum absolute atomic E-state index is 0.0472. The van der Waals surface area contributed by atoms with E-state index in [1.807, 2.05) is 24.3 Å². The maximum atomic E-state index is 12.6. The topological polar surface area (TPSA) is 60.4 Å². The summed E-state index contributed by atoms with van der Waals surface area (Å²) in [6.45, 7) is 6.87. The number of aliphatic hydroxyl groups is 1. The molecule has 0 aromatic heterocycles. The molecule has 2 aromatic rings. The van der Waals surface area contributed by atoms with Gasteiger partial charge in [-0.05, 0) is 48.9 Å². The van der Waals surface area contributed by atoms with Crippen LogP contribution in [0.1, 0.15) is 49.8 Å². The van der Waals surface area contributed by atoms with Crippen molar-refractivity contribution >= 4 is 0 Å². The smallest absolute Gasteiger partial charge is 0.206 e. The number of nitrogens with zero attached hydrogens (tertiary/aromatic N) is 1. The normalized spacial score (nSPS) is 32.3. The van der Waals surface area contributed by atoms with Crippen molar-refractivity contribution in [2.45, 2.75) is 75.1 Å². The molecule has 0 amide bonds. The highest BCUT2D eigenvalue weighted by atomic mass is 16.7. The molecule has 2 aliphatic carbocycles. The summed E-state index contributed by atoms with van der Waals surface area (Å²) in [5.74, 6) is 1.11. The lowest BCUT2D eigenvalue weighted by Crippen LogP contribution is -2.79. The van der Waals surface area contributed by atoms with Gasteiger partial charge in [-0.15, -0.1) is 0 Å². The van der Waals surface area contributed by atoms with E-state index in [1.54, 1.807) is 14.2 Å². The molecule has 4 atom stereocenters. The van der Waals surface area contributed by atoms with Crippen LogP contribution in [-0.2, 0) is 27.9 Å². The third-order valence-corrected chi connectivity index (χ3v) is 9.09. The third-order valence-electron chi connectivity index (χ3n) is 9.09. The minimum Gasteiger partial charge on any atom is -0.485 e. The molecule has 6 rings (SSSR count). The van der Waals surface area contributed by atoms with E-state index in [9.17, 15) is 5.11 Å². The summed E-state index contributed by atoms with van der Waals surface area (Å²) in [6.07, 6.45) is 2.37. The van der Waals surface area contributed by atoms with E-state index in [-0.39, 0.29) is 6.04 Å². The number of ether oxygens (including phenoxy) is 4. The van der Waals surface area contributed by atoms with E-state index >= 15 is 0 Å². The molecule has 2 aromatic carbocycles. The van der Waals surface area contributed by atoms with Gasteiger partial charge < -0.3 is 24.1 Å². The van der Waals surface area contributed by atoms with Crippen LogP contribution in [0.25, 0.3) is 0 Å². The Bertz CT molecular complexity index is 1100. The Kier molecular flexibility index (Phi) is 5.46. The average Bonchev–Trinajstić information content (AvgIpc) is 3.22. The molecule has 1 saturated carbocycles. The number of methoxy groups -OCH3 is 2. The van der Waals surface area contributed by atoms with Crippen molar-refractivity contribution in [3.05, 3.63) is 59.2 Å². The first-order valence-corrected chi connectivity index (χ1v) is 12.9. The maximum absolute atomic E-state index is 12.6. The van der Waals surface area contributed by atoms with Gasteiger partial charge in [0.25, 0.3) is 0 Å². The molecule has 1 N–H and O–H groups in total. The zero-order chi connectivity index (χ0) is 24.4. The molecule has 6 heteroatoms. The highest BCUT2D eigenvalue weighted by Gasteiger charge is 2.76. The maximum Gasteiger partial charge on any atom is 0.206 e. The Hall–Kier alpha value is -2.12. The number of piperidine rings is 1. The first kappa shape index (κ1) is 23.3. The van der Waals surface area contributed by atoms with Crippen LogP contribution in [0, 0.1) is 5.92 Å². The van der Waals surface area contributed by atoms with Crippen LogP contribution in [0.15, 0.2) is 42.5 Å². The molecule has 0 unspecified atom stereocenters. The van der Waals surface area contributed by atoms with Gasteiger partial charge in [-0.3, -0.25) is 4.90 Å². The second-order valence-corrected chi connectivity index (χ2v) is 11.2. The summed E-state index contributed by atoms with van der Waals surface area (Å²) < 4.78 is 25.3. The van der Waals surface area contributed by atoms with Gasteiger partial charge in [0.2, 0.25) is 5.79 Å². The molecule has 4 aliphatic rings. The van der Waals surface area contributed by atoms with Gasteiger partial charge in [0, 0.05) is 38.8 Å². The predicted molar refractivity (Wildman–Crippen MR) is 133 cm³/mol. The lowest BCUT2D eigenvalue weighted by Gasteiger charge is -2.65. The summed E-state index contributed by atoms with van der Waals surface area (Å²) in [5.41, 5.74) is 1.97. The molecule has 2 aliphatic heterocycles. The van der Waals surface area contributed by atoms with Crippen molar-refractivity contribution in [2.24, 2.45) is 5.92 Å². The molecule has 188 valence electrons. The van der Waals surface area contributed by atoms with E-state index in [0.29, 0.717) is 25.4 Å². The van der Waals surface area contributed by atoms with E-state index in [4.69, 9.17) is 18.9 Å². The van der Waals surface area contributed by atoms with Crippen molar-refractivity contribution in [2.75, 3.05) is 27.3 Å². The monoisotopic (exact) mass is 479 g/mol. The quantitative estimate of drug-likeness (QED) is 0.605. The molecule has 35 heavy (non-hydrogen) atoms. The highest BCUT2D eigenvalue weighted by Crippen LogP contribution is 2.67. The molecule has 2 fully saturated rings. The predicted octanol–water partition coefficient (Wildman–Crippen LogP) is 4.06. The van der Waals surface area contributed by atoms with E-state index in [0.717, 1.165) is 48.6 Å². The van der Waals surface area contributed by atoms with Crippen LogP contribution in [0.2, 0.25) is 0 Å². The van der Waals surface area contributed by atoms with Gasteiger partial charge in [-0.1, -0.05) is 50.2 Å². The lowest BCUT2D eigenvalue weighted by molar-refractivity contribution is -0.319. The summed E-state index contributed by atoms with van der Waals surface area (Å²) in [4.78, 5) is 2.51. The zero-order valence-electron chi connectivity index (χ0n) is 21.3. The fourth-order valence-corrected chi connectivity index (χ4v) is 7.62.